The van der Waals surface area contributed by atoms with E-state index >= 15 is 0 Å². The van der Waals surface area contributed by atoms with Gasteiger partial charge in [0.1, 0.15) is 11.6 Å². The number of alkyl halides is 3. The standard InChI is InChI=1S/C34H25F4N3O5S2/c35-16-8-10-18(11-9-16)41-31(43)26-20-13-21(27(26)32(41)44)28-25(20)24(29-30(47-28)40-33(45)48-29)19-6-1-2-7-22(19)46-14-23(42)39-17-5-3-4-15(12-17)34(36,37)38/h1-12,20-21,24-28H,13-14H2,(H,39,42)(H,40,45)/t20-,21-,24+,25-,26+,27+,28-/m1/s1. The molecule has 1 saturated heterocycles. The van der Waals surface area contributed by atoms with Crippen LogP contribution in [0, 0.1) is 35.4 Å². The summed E-state index contributed by atoms with van der Waals surface area (Å²) in [5.41, 5.74) is 0.113. The minimum absolute atomic E-state index is 0.0254. The van der Waals surface area contributed by atoms with Gasteiger partial charge in [-0.2, -0.15) is 13.2 Å². The lowest BCUT2D eigenvalue weighted by atomic mass is 9.68. The Morgan fingerprint density at radius 3 is 2.44 bits per heavy atom. The van der Waals surface area contributed by atoms with E-state index in [1.54, 1.807) is 12.1 Å². The van der Waals surface area contributed by atoms with E-state index in [9.17, 15) is 36.7 Å². The molecule has 8 rings (SSSR count). The topological polar surface area (TPSA) is 109 Å². The first kappa shape index (κ1) is 30.9. The van der Waals surface area contributed by atoms with Gasteiger partial charge in [0.2, 0.25) is 11.8 Å². The van der Waals surface area contributed by atoms with E-state index in [-0.39, 0.29) is 45.4 Å². The number of aromatic nitrogens is 1. The number of thioether (sulfide) groups is 1. The molecule has 2 aliphatic heterocycles. The van der Waals surface area contributed by atoms with Crippen molar-refractivity contribution >= 4 is 52.2 Å². The normalized spacial score (nSPS) is 27.1. The second-order valence-electron chi connectivity index (χ2n) is 12.4. The number of halogens is 4. The van der Waals surface area contributed by atoms with Crippen molar-refractivity contribution < 1.29 is 36.7 Å². The van der Waals surface area contributed by atoms with Gasteiger partial charge in [-0.25, -0.2) is 4.39 Å². The van der Waals surface area contributed by atoms with Gasteiger partial charge in [0.25, 0.3) is 5.91 Å². The molecule has 48 heavy (non-hydrogen) atoms. The second-order valence-corrected chi connectivity index (χ2v) is 14.6. The van der Waals surface area contributed by atoms with Crippen molar-refractivity contribution in [2.24, 2.45) is 29.6 Å². The third-order valence-electron chi connectivity index (χ3n) is 9.90. The molecule has 7 atom stereocenters. The summed E-state index contributed by atoms with van der Waals surface area (Å²) in [4.78, 5) is 57.9. The second kappa shape index (κ2) is 11.3. The number of fused-ring (bicyclic) bond motifs is 9. The van der Waals surface area contributed by atoms with Crippen LogP contribution in [0.2, 0.25) is 0 Å². The SMILES string of the molecule is O=C(COc1ccccc1[C@@H]1c2sc(=O)[nH]c2S[C@@H]2[C@@H]3C[C@@H]([C@@H]4C(=O)N(c5ccc(F)cc5)C(=O)[C@@H]34)[C@H]12)Nc1cccc(C(F)(F)F)c1. The summed E-state index contributed by atoms with van der Waals surface area (Å²) in [6.07, 6.45) is -3.91. The van der Waals surface area contributed by atoms with Crippen molar-refractivity contribution in [3.8, 4) is 5.75 Å². The summed E-state index contributed by atoms with van der Waals surface area (Å²) < 4.78 is 59.2. The Morgan fingerprint density at radius 1 is 0.958 bits per heavy atom. The Labute approximate surface area is 278 Å². The van der Waals surface area contributed by atoms with Crippen LogP contribution in [0.25, 0.3) is 0 Å². The molecule has 4 aliphatic rings. The Morgan fingerprint density at radius 2 is 1.69 bits per heavy atom. The van der Waals surface area contributed by atoms with Gasteiger partial charge in [-0.3, -0.25) is 24.1 Å². The van der Waals surface area contributed by atoms with Crippen LogP contribution in [0.5, 0.6) is 5.75 Å². The van der Waals surface area contributed by atoms with Gasteiger partial charge >= 0.3 is 11.0 Å². The fraction of sp³-hybridized carbons (Fsp3) is 0.294. The number of benzene rings is 3. The first-order valence-corrected chi connectivity index (χ1v) is 16.9. The summed E-state index contributed by atoms with van der Waals surface area (Å²) in [6.45, 7) is -0.491. The molecule has 2 saturated carbocycles. The van der Waals surface area contributed by atoms with Crippen LogP contribution in [0.1, 0.15) is 28.3 Å². The average molecular weight is 696 g/mol. The number of hydrogen-bond acceptors (Lipinski definition) is 7. The summed E-state index contributed by atoms with van der Waals surface area (Å²) >= 11 is 2.60. The van der Waals surface area contributed by atoms with Gasteiger partial charge in [0.05, 0.1) is 28.1 Å². The third kappa shape index (κ3) is 4.95. The number of rotatable bonds is 6. The van der Waals surface area contributed by atoms with Crippen molar-refractivity contribution in [3.63, 3.8) is 0 Å². The van der Waals surface area contributed by atoms with Crippen LogP contribution >= 0.6 is 23.1 Å². The zero-order chi connectivity index (χ0) is 33.5. The van der Waals surface area contributed by atoms with Crippen LogP contribution < -0.4 is 19.8 Å². The lowest BCUT2D eigenvalue weighted by Crippen LogP contribution is -2.42. The lowest BCUT2D eigenvalue weighted by molar-refractivity contribution is -0.137. The van der Waals surface area contributed by atoms with Crippen molar-refractivity contribution in [1.82, 2.24) is 4.98 Å². The van der Waals surface area contributed by atoms with Gasteiger partial charge < -0.3 is 15.0 Å². The zero-order valence-corrected chi connectivity index (χ0v) is 26.3. The van der Waals surface area contributed by atoms with Crippen molar-refractivity contribution in [3.05, 3.63) is 104 Å². The molecule has 3 fully saturated rings. The largest absolute Gasteiger partial charge is 0.483 e. The van der Waals surface area contributed by atoms with E-state index in [0.717, 1.165) is 28.3 Å². The lowest BCUT2D eigenvalue weighted by Gasteiger charge is -2.43. The molecule has 4 aromatic rings. The fourth-order valence-corrected chi connectivity index (χ4v) is 11.1. The number of imide groups is 1. The maximum absolute atomic E-state index is 13.9. The molecule has 3 aromatic carbocycles. The third-order valence-corrected chi connectivity index (χ3v) is 12.5. The van der Waals surface area contributed by atoms with Crippen LogP contribution in [-0.4, -0.2) is 34.6 Å². The highest BCUT2D eigenvalue weighted by Crippen LogP contribution is 2.69. The van der Waals surface area contributed by atoms with Gasteiger partial charge in [-0.1, -0.05) is 35.6 Å². The van der Waals surface area contributed by atoms with Gasteiger partial charge in [0, 0.05) is 27.3 Å². The highest BCUT2D eigenvalue weighted by atomic mass is 32.2. The Bertz CT molecular complexity index is 2030. The Balaban J connectivity index is 1.09. The van der Waals surface area contributed by atoms with E-state index in [4.69, 9.17) is 4.74 Å². The molecule has 2 bridgehead atoms. The number of hydrogen-bond donors (Lipinski definition) is 2. The van der Waals surface area contributed by atoms with Crippen LogP contribution in [-0.2, 0) is 20.6 Å². The molecular weight excluding hydrogens is 671 g/mol. The molecule has 1 aromatic heterocycles. The molecule has 8 nitrogen and oxygen atoms in total. The quantitative estimate of drug-likeness (QED) is 0.181. The minimum Gasteiger partial charge on any atom is -0.483 e. The molecule has 2 aliphatic carbocycles. The van der Waals surface area contributed by atoms with E-state index < -0.39 is 47.8 Å². The number of H-pyrrole nitrogens is 1. The number of carbonyl (C=O) groups excluding carboxylic acids is 3. The average Bonchev–Trinajstić information content (AvgIpc) is 3.79. The molecule has 3 amide bonds. The van der Waals surface area contributed by atoms with Crippen LogP contribution in [0.3, 0.4) is 0 Å². The maximum atomic E-state index is 13.9. The molecule has 0 spiro atoms. The van der Waals surface area contributed by atoms with Crippen LogP contribution in [0.15, 0.2) is 82.6 Å². The number of nitrogens with zero attached hydrogens (tertiary/aromatic N) is 1. The molecule has 14 heteroatoms. The highest BCUT2D eigenvalue weighted by Gasteiger charge is 2.69. The maximum Gasteiger partial charge on any atom is 0.416 e. The van der Waals surface area contributed by atoms with Gasteiger partial charge in [0.15, 0.2) is 6.61 Å². The van der Waals surface area contributed by atoms with E-state index in [1.807, 2.05) is 12.1 Å². The monoisotopic (exact) mass is 695 g/mol. The number of carbonyl (C=O) groups is 3. The summed E-state index contributed by atoms with van der Waals surface area (Å²) in [6, 6.07) is 16.7. The highest BCUT2D eigenvalue weighted by molar-refractivity contribution is 8.00. The number of para-hydroxylation sites is 1. The number of thiazole rings is 1. The molecule has 2 N–H and O–H groups in total. The summed E-state index contributed by atoms with van der Waals surface area (Å²) in [7, 11) is 0. The van der Waals surface area contributed by atoms with Crippen molar-refractivity contribution in [1.29, 1.82) is 0 Å². The van der Waals surface area contributed by atoms with Crippen molar-refractivity contribution in [2.75, 3.05) is 16.8 Å². The smallest absolute Gasteiger partial charge is 0.416 e. The van der Waals surface area contributed by atoms with E-state index in [0.29, 0.717) is 28.4 Å². The Hall–Kier alpha value is -4.43. The summed E-state index contributed by atoms with van der Waals surface area (Å²) in [5, 5.41) is 3.05. The van der Waals surface area contributed by atoms with Gasteiger partial charge in [-0.15, -0.1) is 11.8 Å². The number of anilines is 2. The number of aromatic amines is 1. The van der Waals surface area contributed by atoms with E-state index in [2.05, 4.69) is 10.3 Å². The minimum atomic E-state index is -4.57. The Kier molecular flexibility index (Phi) is 7.29. The fourth-order valence-electron chi connectivity index (χ4n) is 8.19. The van der Waals surface area contributed by atoms with Crippen molar-refractivity contribution in [2.45, 2.75) is 28.8 Å². The first-order chi connectivity index (χ1) is 23.0. The number of nitrogens with one attached hydrogen (secondary N) is 2. The molecule has 3 heterocycles. The number of amides is 3. The predicted molar refractivity (Wildman–Crippen MR) is 169 cm³/mol. The first-order valence-electron chi connectivity index (χ1n) is 15.2. The summed E-state index contributed by atoms with van der Waals surface area (Å²) in [5.74, 6) is -3.33. The van der Waals surface area contributed by atoms with Crippen LogP contribution in [0.4, 0.5) is 28.9 Å². The van der Waals surface area contributed by atoms with E-state index in [1.165, 1.54) is 53.1 Å². The molecule has 0 radical (unpaired) electrons. The number of ether oxygens (including phenoxy) is 1. The molecule has 246 valence electrons. The molecule has 0 unspecified atom stereocenters. The molecular formula is C34H25F4N3O5S2. The predicted octanol–water partition coefficient (Wildman–Crippen LogP) is 6.29. The van der Waals surface area contributed by atoms with Gasteiger partial charge in [-0.05, 0) is 72.7 Å². The zero-order valence-electron chi connectivity index (χ0n) is 24.7.